The summed E-state index contributed by atoms with van der Waals surface area (Å²) in [5, 5.41) is 3.27. The Kier molecular flexibility index (Phi) is 4.01. The van der Waals surface area contributed by atoms with E-state index in [-0.39, 0.29) is 12.0 Å². The number of hydrogen-bond donors (Lipinski definition) is 1. The van der Waals surface area contributed by atoms with Crippen LogP contribution in [0.5, 0.6) is 11.5 Å². The first-order chi connectivity index (χ1) is 10.2. The Morgan fingerprint density at radius 2 is 1.81 bits per heavy atom. The zero-order chi connectivity index (χ0) is 14.8. The molecule has 5 nitrogen and oxygen atoms in total. The molecule has 1 fully saturated rings. The Hall–Kier alpha value is -1.75. The van der Waals surface area contributed by atoms with Crippen molar-refractivity contribution in [1.82, 2.24) is 10.2 Å². The summed E-state index contributed by atoms with van der Waals surface area (Å²) in [6.07, 6.45) is 1.15. The molecular weight excluding hydrogens is 268 g/mol. The predicted octanol–water partition coefficient (Wildman–Crippen LogP) is 1.43. The average molecular weight is 290 g/mol. The van der Waals surface area contributed by atoms with Gasteiger partial charge in [-0.15, -0.1) is 0 Å². The molecule has 2 aliphatic heterocycles. The largest absolute Gasteiger partial charge is 0.482 e. The summed E-state index contributed by atoms with van der Waals surface area (Å²) >= 11 is 0. The number of carbonyl (C=O) groups is 1. The number of piperidine rings is 1. The van der Waals surface area contributed by atoms with Crippen LogP contribution in [0.4, 0.5) is 0 Å². The molecule has 1 saturated heterocycles. The van der Waals surface area contributed by atoms with Gasteiger partial charge in [-0.3, -0.25) is 4.79 Å². The highest BCUT2D eigenvalue weighted by atomic mass is 16.6. The van der Waals surface area contributed by atoms with Crippen molar-refractivity contribution in [3.05, 3.63) is 24.3 Å². The van der Waals surface area contributed by atoms with E-state index in [2.05, 4.69) is 5.32 Å². The van der Waals surface area contributed by atoms with Gasteiger partial charge < -0.3 is 19.7 Å². The Bertz CT molecular complexity index is 512. The number of benzene rings is 1. The number of nitrogens with one attached hydrogen (secondary N) is 1. The fourth-order valence-corrected chi connectivity index (χ4v) is 2.96. The SMILES string of the molecule is CNC1CCN(C(=O)C2Oc3ccccc3OC2C)CC1. The number of likely N-dealkylation sites (tertiary alicyclic amines) is 1. The highest BCUT2D eigenvalue weighted by Crippen LogP contribution is 2.34. The highest BCUT2D eigenvalue weighted by molar-refractivity contribution is 5.82. The van der Waals surface area contributed by atoms with Crippen LogP contribution in [-0.4, -0.2) is 49.2 Å². The number of amides is 1. The fraction of sp³-hybridized carbons (Fsp3) is 0.562. The van der Waals surface area contributed by atoms with E-state index in [9.17, 15) is 4.79 Å². The maximum Gasteiger partial charge on any atom is 0.267 e. The van der Waals surface area contributed by atoms with Crippen molar-refractivity contribution < 1.29 is 14.3 Å². The topological polar surface area (TPSA) is 50.8 Å². The van der Waals surface area contributed by atoms with Crippen LogP contribution in [-0.2, 0) is 4.79 Å². The van der Waals surface area contributed by atoms with Crippen molar-refractivity contribution in [3.63, 3.8) is 0 Å². The number of para-hydroxylation sites is 2. The molecule has 2 heterocycles. The van der Waals surface area contributed by atoms with Gasteiger partial charge in [0.2, 0.25) is 6.10 Å². The van der Waals surface area contributed by atoms with Crippen LogP contribution < -0.4 is 14.8 Å². The van der Waals surface area contributed by atoms with E-state index in [4.69, 9.17) is 9.47 Å². The third-order valence-electron chi connectivity index (χ3n) is 4.30. The van der Waals surface area contributed by atoms with Gasteiger partial charge in [0.05, 0.1) is 0 Å². The van der Waals surface area contributed by atoms with Crippen LogP contribution in [0, 0.1) is 0 Å². The summed E-state index contributed by atoms with van der Waals surface area (Å²) < 4.78 is 11.7. The third-order valence-corrected chi connectivity index (χ3v) is 4.30. The molecular formula is C16H22N2O3. The molecule has 3 rings (SSSR count). The van der Waals surface area contributed by atoms with Crippen molar-refractivity contribution in [2.24, 2.45) is 0 Å². The van der Waals surface area contributed by atoms with Crippen LogP contribution in [0.15, 0.2) is 24.3 Å². The lowest BCUT2D eigenvalue weighted by Gasteiger charge is -2.37. The summed E-state index contributed by atoms with van der Waals surface area (Å²) in [6.45, 7) is 3.44. The van der Waals surface area contributed by atoms with Crippen LogP contribution in [0.25, 0.3) is 0 Å². The van der Waals surface area contributed by atoms with Crippen LogP contribution in [0.3, 0.4) is 0 Å². The Balaban J connectivity index is 1.68. The van der Waals surface area contributed by atoms with Crippen molar-refractivity contribution >= 4 is 5.91 Å². The maximum atomic E-state index is 12.7. The van der Waals surface area contributed by atoms with Gasteiger partial charge >= 0.3 is 0 Å². The quantitative estimate of drug-likeness (QED) is 0.895. The lowest BCUT2D eigenvalue weighted by Crippen LogP contribution is -2.53. The van der Waals surface area contributed by atoms with E-state index >= 15 is 0 Å². The number of rotatable bonds is 2. The van der Waals surface area contributed by atoms with E-state index in [1.165, 1.54) is 0 Å². The monoisotopic (exact) mass is 290 g/mol. The number of carbonyl (C=O) groups excluding carboxylic acids is 1. The molecule has 0 aromatic heterocycles. The molecule has 0 saturated carbocycles. The van der Waals surface area contributed by atoms with E-state index in [1.807, 2.05) is 43.1 Å². The first-order valence-corrected chi connectivity index (χ1v) is 7.57. The predicted molar refractivity (Wildman–Crippen MR) is 79.6 cm³/mol. The molecule has 1 aromatic rings. The summed E-state index contributed by atoms with van der Waals surface area (Å²) in [4.78, 5) is 14.6. The van der Waals surface area contributed by atoms with Crippen LogP contribution >= 0.6 is 0 Å². The lowest BCUT2D eigenvalue weighted by molar-refractivity contribution is -0.145. The summed E-state index contributed by atoms with van der Waals surface area (Å²) in [6, 6.07) is 8.01. The standard InChI is InChI=1S/C16H22N2O3/c1-11-15(21-14-6-4-3-5-13(14)20-11)16(19)18-9-7-12(17-2)8-10-18/h3-6,11-12,15,17H,7-10H2,1-2H3. The van der Waals surface area contributed by atoms with Gasteiger partial charge in [-0.2, -0.15) is 0 Å². The van der Waals surface area contributed by atoms with Crippen molar-refractivity contribution in [2.75, 3.05) is 20.1 Å². The zero-order valence-electron chi connectivity index (χ0n) is 12.5. The summed E-state index contributed by atoms with van der Waals surface area (Å²) in [5.41, 5.74) is 0. The normalized spacial score (nSPS) is 25.7. The minimum Gasteiger partial charge on any atom is -0.482 e. The molecule has 0 radical (unpaired) electrons. The minimum absolute atomic E-state index is 0.0338. The zero-order valence-corrected chi connectivity index (χ0v) is 12.5. The van der Waals surface area contributed by atoms with E-state index in [0.29, 0.717) is 17.5 Å². The van der Waals surface area contributed by atoms with Gasteiger partial charge in [0.15, 0.2) is 11.5 Å². The minimum atomic E-state index is -0.550. The van der Waals surface area contributed by atoms with Gasteiger partial charge in [0.1, 0.15) is 6.10 Å². The molecule has 1 amide bonds. The van der Waals surface area contributed by atoms with Crippen molar-refractivity contribution in [1.29, 1.82) is 0 Å². The first kappa shape index (κ1) is 14.2. The lowest BCUT2D eigenvalue weighted by atomic mass is 10.0. The van der Waals surface area contributed by atoms with Crippen molar-refractivity contribution in [3.8, 4) is 11.5 Å². The number of nitrogens with zero attached hydrogens (tertiary/aromatic N) is 1. The molecule has 0 bridgehead atoms. The number of ether oxygens (including phenoxy) is 2. The van der Waals surface area contributed by atoms with Gasteiger partial charge in [-0.1, -0.05) is 12.1 Å². The van der Waals surface area contributed by atoms with Gasteiger partial charge in [0.25, 0.3) is 5.91 Å². The van der Waals surface area contributed by atoms with Gasteiger partial charge in [-0.05, 0) is 38.9 Å². The molecule has 5 heteroatoms. The van der Waals surface area contributed by atoms with E-state index < -0.39 is 6.10 Å². The number of hydrogen-bond acceptors (Lipinski definition) is 4. The maximum absolute atomic E-state index is 12.7. The molecule has 114 valence electrons. The number of fused-ring (bicyclic) bond motifs is 1. The molecule has 1 aromatic carbocycles. The molecule has 0 aliphatic carbocycles. The Morgan fingerprint density at radius 1 is 1.19 bits per heavy atom. The highest BCUT2D eigenvalue weighted by Gasteiger charge is 2.37. The van der Waals surface area contributed by atoms with Crippen molar-refractivity contribution in [2.45, 2.75) is 38.0 Å². The van der Waals surface area contributed by atoms with E-state index in [1.54, 1.807) is 0 Å². The third kappa shape index (κ3) is 2.83. The van der Waals surface area contributed by atoms with E-state index in [0.717, 1.165) is 25.9 Å². The van der Waals surface area contributed by atoms with Gasteiger partial charge in [0, 0.05) is 19.1 Å². The smallest absolute Gasteiger partial charge is 0.267 e. The fourth-order valence-electron chi connectivity index (χ4n) is 2.96. The van der Waals surface area contributed by atoms with Gasteiger partial charge in [-0.25, -0.2) is 0 Å². The second-order valence-corrected chi connectivity index (χ2v) is 5.70. The molecule has 2 unspecified atom stereocenters. The molecule has 1 N–H and O–H groups in total. The Labute approximate surface area is 125 Å². The second-order valence-electron chi connectivity index (χ2n) is 5.70. The molecule has 0 spiro atoms. The first-order valence-electron chi connectivity index (χ1n) is 7.57. The second kappa shape index (κ2) is 5.93. The molecule has 2 aliphatic rings. The summed E-state index contributed by atoms with van der Waals surface area (Å²) in [5.74, 6) is 1.40. The summed E-state index contributed by atoms with van der Waals surface area (Å²) in [7, 11) is 1.97. The van der Waals surface area contributed by atoms with Crippen LogP contribution in [0.2, 0.25) is 0 Å². The van der Waals surface area contributed by atoms with Crippen LogP contribution in [0.1, 0.15) is 19.8 Å². The molecule has 2 atom stereocenters. The molecule has 21 heavy (non-hydrogen) atoms. The Morgan fingerprint density at radius 3 is 2.43 bits per heavy atom. The average Bonchev–Trinajstić information content (AvgIpc) is 2.53.